The summed E-state index contributed by atoms with van der Waals surface area (Å²) in [5.74, 6) is 1.89. The topological polar surface area (TPSA) is 93.2 Å². The molecule has 8 heteroatoms. The molecule has 2 aromatic heterocycles. The summed E-state index contributed by atoms with van der Waals surface area (Å²) in [6, 6.07) is 2.09. The molecule has 23 heavy (non-hydrogen) atoms. The van der Waals surface area contributed by atoms with Crippen molar-refractivity contribution in [2.45, 2.75) is 47.2 Å². The van der Waals surface area contributed by atoms with Crippen LogP contribution in [-0.2, 0) is 13.1 Å². The first-order chi connectivity index (χ1) is 11.1. The molecule has 0 aromatic carbocycles. The van der Waals surface area contributed by atoms with E-state index in [2.05, 4.69) is 43.9 Å². The largest absolute Gasteiger partial charge is 0.357 e. The maximum absolute atomic E-state index is 4.94. The van der Waals surface area contributed by atoms with E-state index in [4.69, 9.17) is 4.52 Å². The number of nitrogens with one attached hydrogen (secondary N) is 2. The monoisotopic (exact) mass is 319 g/mol. The predicted octanol–water partition coefficient (Wildman–Crippen LogP) is 1.34. The Morgan fingerprint density at radius 3 is 2.74 bits per heavy atom. The first kappa shape index (κ1) is 17.0. The Morgan fingerprint density at radius 2 is 2.13 bits per heavy atom. The Bertz CT molecular complexity index is 644. The Labute approximate surface area is 136 Å². The SMILES string of the molecule is CCNC(=NCc1noc(C)n1)NCCCn1nc(C)cc1C. The standard InChI is InChI=1S/C15H25N7O/c1-5-16-15(18-10-14-19-13(4)23-21-14)17-7-6-8-22-12(3)9-11(2)20-22/h9H,5-8,10H2,1-4H3,(H2,16,17,18). The third-order valence-corrected chi connectivity index (χ3v) is 3.23. The van der Waals surface area contributed by atoms with Crippen LogP contribution in [0.15, 0.2) is 15.6 Å². The van der Waals surface area contributed by atoms with E-state index in [9.17, 15) is 0 Å². The maximum atomic E-state index is 4.94. The van der Waals surface area contributed by atoms with Crippen LogP contribution in [0.4, 0.5) is 0 Å². The van der Waals surface area contributed by atoms with E-state index < -0.39 is 0 Å². The van der Waals surface area contributed by atoms with Crippen LogP contribution in [0, 0.1) is 20.8 Å². The summed E-state index contributed by atoms with van der Waals surface area (Å²) in [6.45, 7) is 10.8. The van der Waals surface area contributed by atoms with E-state index in [0.29, 0.717) is 18.3 Å². The summed E-state index contributed by atoms with van der Waals surface area (Å²) >= 11 is 0. The fourth-order valence-corrected chi connectivity index (χ4v) is 2.23. The zero-order valence-corrected chi connectivity index (χ0v) is 14.3. The molecule has 0 unspecified atom stereocenters. The highest BCUT2D eigenvalue weighted by molar-refractivity contribution is 5.79. The van der Waals surface area contributed by atoms with Gasteiger partial charge in [0.2, 0.25) is 5.89 Å². The van der Waals surface area contributed by atoms with Crippen LogP contribution in [0.5, 0.6) is 0 Å². The predicted molar refractivity (Wildman–Crippen MR) is 88.2 cm³/mol. The number of aromatic nitrogens is 4. The van der Waals surface area contributed by atoms with Crippen LogP contribution in [-0.4, -0.2) is 39.0 Å². The van der Waals surface area contributed by atoms with Gasteiger partial charge in [-0.2, -0.15) is 10.1 Å². The lowest BCUT2D eigenvalue weighted by molar-refractivity contribution is 0.387. The normalized spacial score (nSPS) is 11.7. The van der Waals surface area contributed by atoms with Crippen molar-refractivity contribution in [2.75, 3.05) is 13.1 Å². The molecule has 2 heterocycles. The summed E-state index contributed by atoms with van der Waals surface area (Å²) < 4.78 is 6.97. The lowest BCUT2D eigenvalue weighted by Crippen LogP contribution is -2.38. The molecule has 0 bridgehead atoms. The van der Waals surface area contributed by atoms with Gasteiger partial charge in [-0.25, -0.2) is 4.99 Å². The van der Waals surface area contributed by atoms with Gasteiger partial charge in [0, 0.05) is 32.3 Å². The van der Waals surface area contributed by atoms with Crippen LogP contribution in [0.3, 0.4) is 0 Å². The van der Waals surface area contributed by atoms with Crippen molar-refractivity contribution < 1.29 is 4.52 Å². The highest BCUT2D eigenvalue weighted by atomic mass is 16.5. The highest BCUT2D eigenvalue weighted by Crippen LogP contribution is 2.02. The summed E-state index contributed by atoms with van der Waals surface area (Å²) in [7, 11) is 0. The van der Waals surface area contributed by atoms with Gasteiger partial charge < -0.3 is 15.2 Å². The van der Waals surface area contributed by atoms with E-state index in [1.54, 1.807) is 6.92 Å². The molecule has 0 saturated carbocycles. The Kier molecular flexibility index (Phi) is 6.13. The Morgan fingerprint density at radius 1 is 1.30 bits per heavy atom. The van der Waals surface area contributed by atoms with E-state index in [0.717, 1.165) is 37.7 Å². The molecule has 0 aliphatic carbocycles. The molecule has 126 valence electrons. The molecule has 0 amide bonds. The van der Waals surface area contributed by atoms with Crippen molar-refractivity contribution in [3.8, 4) is 0 Å². The number of aryl methyl sites for hydroxylation is 4. The Balaban J connectivity index is 1.78. The van der Waals surface area contributed by atoms with E-state index in [1.807, 2.05) is 18.5 Å². The zero-order valence-electron chi connectivity index (χ0n) is 14.3. The molecule has 2 rings (SSSR count). The molecule has 2 aromatic rings. The van der Waals surface area contributed by atoms with Crippen molar-refractivity contribution >= 4 is 5.96 Å². The summed E-state index contributed by atoms with van der Waals surface area (Å²) in [4.78, 5) is 8.59. The quantitative estimate of drug-likeness (QED) is 0.454. The average molecular weight is 319 g/mol. The van der Waals surface area contributed by atoms with Gasteiger partial charge in [-0.05, 0) is 33.3 Å². The molecular formula is C15H25N7O. The van der Waals surface area contributed by atoms with Gasteiger partial charge in [-0.3, -0.25) is 4.68 Å². The smallest absolute Gasteiger partial charge is 0.223 e. The number of aliphatic imine (C=N–C) groups is 1. The highest BCUT2D eigenvalue weighted by Gasteiger charge is 2.03. The minimum absolute atomic E-state index is 0.393. The molecule has 2 N–H and O–H groups in total. The molecule has 8 nitrogen and oxygen atoms in total. The molecule has 0 saturated heterocycles. The average Bonchev–Trinajstić information content (AvgIpc) is 3.06. The van der Waals surface area contributed by atoms with Crippen LogP contribution >= 0.6 is 0 Å². The molecule has 0 fully saturated rings. The molecule has 0 atom stereocenters. The third kappa shape index (κ3) is 5.39. The maximum Gasteiger partial charge on any atom is 0.223 e. The molecule has 0 radical (unpaired) electrons. The molecule has 0 aliphatic heterocycles. The van der Waals surface area contributed by atoms with Gasteiger partial charge in [0.15, 0.2) is 11.8 Å². The minimum Gasteiger partial charge on any atom is -0.357 e. The number of nitrogens with zero attached hydrogens (tertiary/aromatic N) is 5. The summed E-state index contributed by atoms with van der Waals surface area (Å²) in [5.41, 5.74) is 2.25. The van der Waals surface area contributed by atoms with Crippen LogP contribution < -0.4 is 10.6 Å². The van der Waals surface area contributed by atoms with Gasteiger partial charge in [-0.15, -0.1) is 0 Å². The van der Waals surface area contributed by atoms with E-state index in [-0.39, 0.29) is 0 Å². The first-order valence-corrected chi connectivity index (χ1v) is 7.91. The number of guanidine groups is 1. The lowest BCUT2D eigenvalue weighted by Gasteiger charge is -2.11. The number of hydrogen-bond acceptors (Lipinski definition) is 5. The van der Waals surface area contributed by atoms with Crippen LogP contribution in [0.1, 0.15) is 36.4 Å². The van der Waals surface area contributed by atoms with Crippen molar-refractivity contribution in [1.82, 2.24) is 30.6 Å². The minimum atomic E-state index is 0.393. The van der Waals surface area contributed by atoms with Crippen LogP contribution in [0.2, 0.25) is 0 Å². The molecule has 0 spiro atoms. The summed E-state index contributed by atoms with van der Waals surface area (Å²) in [5, 5.41) is 14.8. The number of rotatable bonds is 7. The summed E-state index contributed by atoms with van der Waals surface area (Å²) in [6.07, 6.45) is 0.966. The first-order valence-electron chi connectivity index (χ1n) is 7.91. The Hall–Kier alpha value is -2.38. The zero-order chi connectivity index (χ0) is 16.7. The van der Waals surface area contributed by atoms with E-state index >= 15 is 0 Å². The fraction of sp³-hybridized carbons (Fsp3) is 0.600. The van der Waals surface area contributed by atoms with Gasteiger partial charge in [0.1, 0.15) is 6.54 Å². The molecule has 0 aliphatic rings. The van der Waals surface area contributed by atoms with E-state index in [1.165, 1.54) is 5.69 Å². The van der Waals surface area contributed by atoms with Crippen molar-refractivity contribution in [1.29, 1.82) is 0 Å². The van der Waals surface area contributed by atoms with Crippen molar-refractivity contribution in [2.24, 2.45) is 4.99 Å². The second-order valence-electron chi connectivity index (χ2n) is 5.36. The molecular weight excluding hydrogens is 294 g/mol. The third-order valence-electron chi connectivity index (χ3n) is 3.23. The van der Waals surface area contributed by atoms with Crippen molar-refractivity contribution in [3.63, 3.8) is 0 Å². The van der Waals surface area contributed by atoms with Gasteiger partial charge in [-0.1, -0.05) is 5.16 Å². The van der Waals surface area contributed by atoms with Gasteiger partial charge >= 0.3 is 0 Å². The van der Waals surface area contributed by atoms with Crippen LogP contribution in [0.25, 0.3) is 0 Å². The van der Waals surface area contributed by atoms with Crippen molar-refractivity contribution in [3.05, 3.63) is 29.2 Å². The second kappa shape index (κ2) is 8.30. The van der Waals surface area contributed by atoms with Gasteiger partial charge in [0.25, 0.3) is 0 Å². The fourth-order valence-electron chi connectivity index (χ4n) is 2.23. The lowest BCUT2D eigenvalue weighted by atomic mass is 10.4. The van der Waals surface area contributed by atoms with Gasteiger partial charge in [0.05, 0.1) is 5.69 Å². The number of hydrogen-bond donors (Lipinski definition) is 2. The second-order valence-corrected chi connectivity index (χ2v) is 5.36.